The predicted octanol–water partition coefficient (Wildman–Crippen LogP) is 0.767. The number of nitrogens with one attached hydrogen (secondary N) is 1. The average molecular weight is 301 g/mol. The monoisotopic (exact) mass is 301 g/mol. The maximum atomic E-state index is 11.6. The first-order valence-electron chi connectivity index (χ1n) is 5.62. The van der Waals surface area contributed by atoms with E-state index in [1.807, 2.05) is 0 Å². The fourth-order valence-corrected chi connectivity index (χ4v) is 1.99. The van der Waals surface area contributed by atoms with Crippen molar-refractivity contribution in [1.82, 2.24) is 0 Å². The molecule has 0 bridgehead atoms. The Morgan fingerprint density at radius 2 is 2.00 bits per heavy atom. The summed E-state index contributed by atoms with van der Waals surface area (Å²) < 4.78 is 26.9. The molecule has 0 atom stereocenters. The predicted molar refractivity (Wildman–Crippen MR) is 72.9 cm³/mol. The third-order valence-corrected chi connectivity index (χ3v) is 3.37. The van der Waals surface area contributed by atoms with Crippen molar-refractivity contribution in [2.24, 2.45) is 0 Å². The van der Waals surface area contributed by atoms with Gasteiger partial charge in [-0.3, -0.25) is 4.79 Å². The summed E-state index contributed by atoms with van der Waals surface area (Å²) in [5.74, 6) is -1.65. The van der Waals surface area contributed by atoms with Gasteiger partial charge in [0.15, 0.2) is 0 Å². The smallest absolute Gasteiger partial charge is 0.335 e. The summed E-state index contributed by atoms with van der Waals surface area (Å²) in [5, 5.41) is 11.3. The molecule has 110 valence electrons. The lowest BCUT2D eigenvalue weighted by Crippen LogP contribution is -2.17. The second-order valence-corrected chi connectivity index (χ2v) is 6.41. The van der Waals surface area contributed by atoms with Crippen LogP contribution in [0.4, 0.5) is 5.69 Å². The minimum Gasteiger partial charge on any atom is -0.495 e. The van der Waals surface area contributed by atoms with Gasteiger partial charge in [-0.2, -0.15) is 0 Å². The standard InChI is InChI=1S/C12H15NO6S/c1-19-10-4-3-8(12(15)16)7-9(10)13-11(14)5-6-20(2,17)18/h3-4,7H,5-6H2,1-2H3,(H,13,14)(H,15,16). The fraction of sp³-hybridized carbons (Fsp3) is 0.333. The van der Waals surface area contributed by atoms with Gasteiger partial charge in [0.1, 0.15) is 15.6 Å². The number of carbonyl (C=O) groups is 2. The minimum absolute atomic E-state index is 0.00999. The van der Waals surface area contributed by atoms with Crippen LogP contribution < -0.4 is 10.1 Å². The van der Waals surface area contributed by atoms with Crippen LogP contribution in [-0.2, 0) is 14.6 Å². The van der Waals surface area contributed by atoms with Crippen molar-refractivity contribution in [3.05, 3.63) is 23.8 Å². The van der Waals surface area contributed by atoms with Gasteiger partial charge in [-0.1, -0.05) is 0 Å². The Kier molecular flexibility index (Phi) is 5.09. The van der Waals surface area contributed by atoms with Crippen LogP contribution in [0.15, 0.2) is 18.2 Å². The van der Waals surface area contributed by atoms with Crippen LogP contribution in [0.1, 0.15) is 16.8 Å². The van der Waals surface area contributed by atoms with Gasteiger partial charge in [-0.15, -0.1) is 0 Å². The lowest BCUT2D eigenvalue weighted by atomic mass is 10.2. The van der Waals surface area contributed by atoms with E-state index in [2.05, 4.69) is 5.32 Å². The van der Waals surface area contributed by atoms with E-state index < -0.39 is 21.7 Å². The van der Waals surface area contributed by atoms with Crippen LogP contribution in [0.3, 0.4) is 0 Å². The van der Waals surface area contributed by atoms with Crippen LogP contribution >= 0.6 is 0 Å². The van der Waals surface area contributed by atoms with Gasteiger partial charge >= 0.3 is 5.97 Å². The molecule has 0 spiro atoms. The number of anilines is 1. The third kappa shape index (κ3) is 4.88. The van der Waals surface area contributed by atoms with Gasteiger partial charge < -0.3 is 15.2 Å². The molecule has 1 aromatic carbocycles. The van der Waals surface area contributed by atoms with Crippen LogP contribution in [0.25, 0.3) is 0 Å². The lowest BCUT2D eigenvalue weighted by molar-refractivity contribution is -0.115. The first-order chi connectivity index (χ1) is 9.23. The molecule has 0 unspecified atom stereocenters. The Balaban J connectivity index is 2.87. The number of hydrogen-bond donors (Lipinski definition) is 2. The van der Waals surface area contributed by atoms with Gasteiger partial charge in [0, 0.05) is 12.7 Å². The fourth-order valence-electron chi connectivity index (χ4n) is 1.43. The number of carboxylic acid groups (broad SMARTS) is 1. The molecule has 0 aliphatic heterocycles. The topological polar surface area (TPSA) is 110 Å². The van der Waals surface area contributed by atoms with Crippen molar-refractivity contribution in [2.45, 2.75) is 6.42 Å². The van der Waals surface area contributed by atoms with E-state index in [0.29, 0.717) is 5.75 Å². The molecule has 7 nitrogen and oxygen atoms in total. The van der Waals surface area contributed by atoms with E-state index in [1.54, 1.807) is 0 Å². The van der Waals surface area contributed by atoms with Crippen LogP contribution in [0.5, 0.6) is 5.75 Å². The maximum absolute atomic E-state index is 11.6. The van der Waals surface area contributed by atoms with Crippen molar-refractivity contribution >= 4 is 27.4 Å². The molecule has 20 heavy (non-hydrogen) atoms. The Labute approximate surface area is 116 Å². The normalized spacial score (nSPS) is 10.9. The summed E-state index contributed by atoms with van der Waals surface area (Å²) in [6.07, 6.45) is 0.825. The van der Waals surface area contributed by atoms with Crippen molar-refractivity contribution in [1.29, 1.82) is 0 Å². The number of aromatic carboxylic acids is 1. The summed E-state index contributed by atoms with van der Waals surface area (Å²) >= 11 is 0. The SMILES string of the molecule is COc1ccc(C(=O)O)cc1NC(=O)CCS(C)(=O)=O. The summed E-state index contributed by atoms with van der Waals surface area (Å²) in [6.45, 7) is 0. The number of rotatable bonds is 6. The molecule has 0 aliphatic rings. The molecule has 1 amide bonds. The zero-order valence-corrected chi connectivity index (χ0v) is 11.9. The van der Waals surface area contributed by atoms with E-state index >= 15 is 0 Å². The molecule has 2 N–H and O–H groups in total. The van der Waals surface area contributed by atoms with Crippen LogP contribution in [0.2, 0.25) is 0 Å². The molecule has 8 heteroatoms. The highest BCUT2D eigenvalue weighted by molar-refractivity contribution is 7.90. The number of sulfone groups is 1. The number of methoxy groups -OCH3 is 1. The molecule has 0 fully saturated rings. The average Bonchev–Trinajstić information content (AvgIpc) is 2.35. The molecular weight excluding hydrogens is 286 g/mol. The van der Waals surface area contributed by atoms with Gasteiger partial charge in [0.2, 0.25) is 5.91 Å². The van der Waals surface area contributed by atoms with E-state index in [0.717, 1.165) is 6.26 Å². The molecule has 0 radical (unpaired) electrons. The molecule has 0 aromatic heterocycles. The molecule has 0 saturated heterocycles. The second-order valence-electron chi connectivity index (χ2n) is 4.15. The summed E-state index contributed by atoms with van der Waals surface area (Å²) in [5.41, 5.74) is 0.176. The number of carboxylic acids is 1. The molecule has 0 heterocycles. The quantitative estimate of drug-likeness (QED) is 0.803. The highest BCUT2D eigenvalue weighted by Gasteiger charge is 2.13. The highest BCUT2D eigenvalue weighted by atomic mass is 32.2. The first kappa shape index (κ1) is 16.0. The van der Waals surface area contributed by atoms with Crippen molar-refractivity contribution in [3.8, 4) is 5.75 Å². The van der Waals surface area contributed by atoms with Gasteiger partial charge in [-0.25, -0.2) is 13.2 Å². The van der Waals surface area contributed by atoms with E-state index in [1.165, 1.54) is 25.3 Å². The molecule has 1 rings (SSSR count). The van der Waals surface area contributed by atoms with Crippen LogP contribution in [0, 0.1) is 0 Å². The van der Waals surface area contributed by atoms with Gasteiger partial charge in [-0.05, 0) is 18.2 Å². The Hall–Kier alpha value is -2.09. The summed E-state index contributed by atoms with van der Waals surface area (Å²) in [7, 11) is -1.86. The second kappa shape index (κ2) is 6.38. The third-order valence-electron chi connectivity index (χ3n) is 2.42. The number of amides is 1. The lowest BCUT2D eigenvalue weighted by Gasteiger charge is -2.10. The number of carbonyl (C=O) groups excluding carboxylic acids is 1. The summed E-state index contributed by atoms with van der Waals surface area (Å²) in [4.78, 5) is 22.5. The Morgan fingerprint density at radius 1 is 1.35 bits per heavy atom. The summed E-state index contributed by atoms with van der Waals surface area (Å²) in [6, 6.07) is 4.00. The van der Waals surface area contributed by atoms with Crippen molar-refractivity contribution < 1.29 is 27.9 Å². The van der Waals surface area contributed by atoms with Gasteiger partial charge in [0.05, 0.1) is 24.1 Å². The number of hydrogen-bond acceptors (Lipinski definition) is 5. The number of ether oxygens (including phenoxy) is 1. The maximum Gasteiger partial charge on any atom is 0.335 e. The van der Waals surface area contributed by atoms with E-state index in [4.69, 9.17) is 9.84 Å². The Morgan fingerprint density at radius 3 is 2.50 bits per heavy atom. The zero-order valence-electron chi connectivity index (χ0n) is 11.0. The zero-order chi connectivity index (χ0) is 15.3. The minimum atomic E-state index is -3.23. The van der Waals surface area contributed by atoms with Crippen LogP contribution in [-0.4, -0.2) is 44.5 Å². The number of benzene rings is 1. The van der Waals surface area contributed by atoms with Crippen molar-refractivity contribution in [3.63, 3.8) is 0 Å². The van der Waals surface area contributed by atoms with Gasteiger partial charge in [0.25, 0.3) is 0 Å². The van der Waals surface area contributed by atoms with E-state index in [-0.39, 0.29) is 23.4 Å². The largest absolute Gasteiger partial charge is 0.495 e. The molecule has 0 saturated carbocycles. The Bertz CT molecular complexity index is 623. The molecule has 1 aromatic rings. The highest BCUT2D eigenvalue weighted by Crippen LogP contribution is 2.25. The molecular formula is C12H15NO6S. The van der Waals surface area contributed by atoms with E-state index in [9.17, 15) is 18.0 Å². The first-order valence-corrected chi connectivity index (χ1v) is 7.68. The molecule has 0 aliphatic carbocycles. The van der Waals surface area contributed by atoms with Crippen molar-refractivity contribution in [2.75, 3.05) is 24.4 Å².